The van der Waals surface area contributed by atoms with Crippen molar-refractivity contribution in [2.75, 3.05) is 11.9 Å². The Morgan fingerprint density at radius 2 is 2.04 bits per heavy atom. The summed E-state index contributed by atoms with van der Waals surface area (Å²) in [7, 11) is 1.77. The highest BCUT2D eigenvalue weighted by Crippen LogP contribution is 2.33. The number of pyridine rings is 1. The largest absolute Gasteiger partial charge is 0.461 e. The lowest BCUT2D eigenvalue weighted by Gasteiger charge is -2.11. The van der Waals surface area contributed by atoms with Crippen LogP contribution in [0.3, 0.4) is 0 Å². The van der Waals surface area contributed by atoms with E-state index in [9.17, 15) is 9.18 Å². The summed E-state index contributed by atoms with van der Waals surface area (Å²) in [5.41, 5.74) is 2.75. The second kappa shape index (κ2) is 8.47. The van der Waals surface area contributed by atoms with Crippen LogP contribution in [-0.2, 0) is 11.8 Å². The molecule has 1 N–H and O–H groups in total. The van der Waals surface area contributed by atoms with Gasteiger partial charge in [0.2, 0.25) is 0 Å². The van der Waals surface area contributed by atoms with Crippen molar-refractivity contribution in [2.24, 2.45) is 7.05 Å². The lowest BCUT2D eigenvalue weighted by atomic mass is 10.2. The number of fused-ring (bicyclic) bond motifs is 1. The first-order chi connectivity index (χ1) is 12.5. The molecule has 3 rings (SSSR count). The summed E-state index contributed by atoms with van der Waals surface area (Å²) in [5, 5.41) is 3.76. The number of hydrogen-bond donors (Lipinski definition) is 1. The first-order valence-electron chi connectivity index (χ1n) is 8.65. The van der Waals surface area contributed by atoms with Crippen molar-refractivity contribution in [1.29, 1.82) is 0 Å². The van der Waals surface area contributed by atoms with Gasteiger partial charge in [-0.05, 0) is 37.6 Å². The Morgan fingerprint density at radius 1 is 1.31 bits per heavy atom. The maximum atomic E-state index is 14.2. The van der Waals surface area contributed by atoms with Gasteiger partial charge in [0.1, 0.15) is 5.82 Å². The molecule has 0 aliphatic heterocycles. The van der Waals surface area contributed by atoms with Gasteiger partial charge in [-0.1, -0.05) is 19.9 Å². The van der Waals surface area contributed by atoms with Gasteiger partial charge in [-0.25, -0.2) is 9.18 Å². The van der Waals surface area contributed by atoms with Crippen LogP contribution in [0.1, 0.15) is 36.8 Å². The Labute approximate surface area is 152 Å². The zero-order chi connectivity index (χ0) is 19.3. The van der Waals surface area contributed by atoms with Crippen LogP contribution in [0.5, 0.6) is 0 Å². The van der Waals surface area contributed by atoms with Crippen molar-refractivity contribution in [3.8, 4) is 0 Å². The highest BCUT2D eigenvalue weighted by molar-refractivity contribution is 6.07. The molecule has 0 bridgehead atoms. The molecule has 26 heavy (non-hydrogen) atoms. The molecule has 3 aromatic rings. The Kier molecular flexibility index (Phi) is 6.33. The Morgan fingerprint density at radius 3 is 2.69 bits per heavy atom. The van der Waals surface area contributed by atoms with Crippen LogP contribution in [0.4, 0.5) is 15.8 Å². The summed E-state index contributed by atoms with van der Waals surface area (Å²) in [6.45, 7) is 7.82. The first kappa shape index (κ1) is 19.4. The van der Waals surface area contributed by atoms with E-state index >= 15 is 0 Å². The van der Waals surface area contributed by atoms with Crippen molar-refractivity contribution in [1.82, 2.24) is 9.55 Å². The minimum atomic E-state index is -0.466. The van der Waals surface area contributed by atoms with E-state index in [0.29, 0.717) is 17.1 Å². The molecule has 0 spiro atoms. The van der Waals surface area contributed by atoms with E-state index in [1.807, 2.05) is 20.8 Å². The number of nitrogens with zero attached hydrogens (tertiary/aromatic N) is 2. The van der Waals surface area contributed by atoms with Gasteiger partial charge in [-0.2, -0.15) is 0 Å². The highest BCUT2D eigenvalue weighted by atomic mass is 19.1. The molecular weight excluding hydrogens is 333 g/mol. The molecule has 0 saturated carbocycles. The van der Waals surface area contributed by atoms with Crippen LogP contribution < -0.4 is 5.32 Å². The third-order valence-electron chi connectivity index (χ3n) is 3.85. The minimum absolute atomic E-state index is 0.261. The van der Waals surface area contributed by atoms with Gasteiger partial charge >= 0.3 is 5.97 Å². The van der Waals surface area contributed by atoms with Gasteiger partial charge in [-0.3, -0.25) is 4.98 Å². The van der Waals surface area contributed by atoms with Crippen molar-refractivity contribution in [3.05, 3.63) is 53.7 Å². The van der Waals surface area contributed by atoms with Crippen molar-refractivity contribution in [3.63, 3.8) is 0 Å². The monoisotopic (exact) mass is 357 g/mol. The average molecular weight is 357 g/mol. The third-order valence-corrected chi connectivity index (χ3v) is 3.85. The number of rotatable bonds is 4. The number of aryl methyl sites for hydroxylation is 2. The van der Waals surface area contributed by atoms with E-state index in [1.165, 1.54) is 6.07 Å². The summed E-state index contributed by atoms with van der Waals surface area (Å²) < 4.78 is 21.1. The van der Waals surface area contributed by atoms with Crippen molar-refractivity contribution >= 4 is 28.2 Å². The molecular formula is C20H24FN3O2. The van der Waals surface area contributed by atoms with E-state index in [-0.39, 0.29) is 12.4 Å². The summed E-state index contributed by atoms with van der Waals surface area (Å²) in [5.74, 6) is -0.850. The lowest BCUT2D eigenvalue weighted by molar-refractivity contribution is 0.0517. The summed E-state index contributed by atoms with van der Waals surface area (Å²) in [6.07, 6.45) is 3.29. The fourth-order valence-electron chi connectivity index (χ4n) is 2.71. The zero-order valence-corrected chi connectivity index (χ0v) is 15.8. The predicted molar refractivity (Wildman–Crippen MR) is 102 cm³/mol. The number of benzene rings is 1. The molecule has 0 atom stereocenters. The second-order valence-electron chi connectivity index (χ2n) is 5.50. The fourth-order valence-corrected chi connectivity index (χ4v) is 2.71. The molecule has 6 heteroatoms. The van der Waals surface area contributed by atoms with E-state index in [0.717, 1.165) is 16.5 Å². The van der Waals surface area contributed by atoms with Crippen LogP contribution in [0.15, 0.2) is 36.7 Å². The first-order valence-corrected chi connectivity index (χ1v) is 8.65. The zero-order valence-electron chi connectivity index (χ0n) is 15.8. The number of esters is 1. The molecule has 0 fully saturated rings. The van der Waals surface area contributed by atoms with Crippen molar-refractivity contribution in [2.45, 2.75) is 27.7 Å². The van der Waals surface area contributed by atoms with Crippen molar-refractivity contribution < 1.29 is 13.9 Å². The number of aromatic nitrogens is 2. The van der Waals surface area contributed by atoms with Crippen LogP contribution >= 0.6 is 0 Å². The molecule has 138 valence electrons. The summed E-state index contributed by atoms with van der Waals surface area (Å²) in [6, 6.07) is 6.69. The fraction of sp³-hybridized carbons (Fsp3) is 0.300. The average Bonchev–Trinajstić information content (AvgIpc) is 2.92. The van der Waals surface area contributed by atoms with Crippen LogP contribution in [0.2, 0.25) is 0 Å². The molecule has 0 unspecified atom stereocenters. The Balaban J connectivity index is 0.00000117. The van der Waals surface area contributed by atoms with Gasteiger partial charge in [0, 0.05) is 24.8 Å². The number of carbonyl (C=O) groups is 1. The van der Waals surface area contributed by atoms with Gasteiger partial charge in [-0.15, -0.1) is 0 Å². The number of hydrogen-bond acceptors (Lipinski definition) is 4. The van der Waals surface area contributed by atoms with Gasteiger partial charge < -0.3 is 14.6 Å². The molecule has 1 aromatic carbocycles. The number of carbonyl (C=O) groups excluding carboxylic acids is 1. The summed E-state index contributed by atoms with van der Waals surface area (Å²) in [4.78, 5) is 16.5. The molecule has 0 aliphatic rings. The number of anilines is 2. The molecule has 0 amide bonds. The van der Waals surface area contributed by atoms with Crippen LogP contribution in [-0.4, -0.2) is 22.1 Å². The van der Waals surface area contributed by atoms with Crippen LogP contribution in [0.25, 0.3) is 10.9 Å². The predicted octanol–water partition coefficient (Wildman–Crippen LogP) is 4.97. The Bertz CT molecular complexity index is 919. The molecule has 5 nitrogen and oxygen atoms in total. The minimum Gasteiger partial charge on any atom is -0.461 e. The standard InChI is InChI=1S/C18H18FN3O2.C2H6/c1-4-24-18(23)17-16(12-10-20-8-7-15(12)22(17)3)21-14-6-5-11(2)9-13(14)19;1-2/h5-10,21H,4H2,1-3H3;1-2H3. The number of ether oxygens (including phenoxy) is 1. The lowest BCUT2D eigenvalue weighted by Crippen LogP contribution is -2.12. The smallest absolute Gasteiger partial charge is 0.357 e. The topological polar surface area (TPSA) is 56.1 Å². The van der Waals surface area contributed by atoms with Gasteiger partial charge in [0.25, 0.3) is 0 Å². The van der Waals surface area contributed by atoms with E-state index in [1.54, 1.807) is 49.1 Å². The number of halogens is 1. The third kappa shape index (κ3) is 3.69. The van der Waals surface area contributed by atoms with E-state index in [2.05, 4.69) is 10.3 Å². The maximum absolute atomic E-state index is 14.2. The van der Waals surface area contributed by atoms with Crippen LogP contribution in [0, 0.1) is 12.7 Å². The number of nitrogens with one attached hydrogen (secondary N) is 1. The quantitative estimate of drug-likeness (QED) is 0.670. The molecule has 2 aromatic heterocycles. The normalized spacial score (nSPS) is 10.2. The molecule has 0 radical (unpaired) electrons. The molecule has 0 saturated heterocycles. The highest BCUT2D eigenvalue weighted by Gasteiger charge is 2.23. The van der Waals surface area contributed by atoms with Gasteiger partial charge in [0.15, 0.2) is 5.69 Å². The summed E-state index contributed by atoms with van der Waals surface area (Å²) >= 11 is 0. The second-order valence-corrected chi connectivity index (χ2v) is 5.50. The maximum Gasteiger partial charge on any atom is 0.357 e. The molecule has 2 heterocycles. The van der Waals surface area contributed by atoms with E-state index < -0.39 is 5.97 Å². The van der Waals surface area contributed by atoms with E-state index in [4.69, 9.17) is 4.74 Å². The Hall–Kier alpha value is -2.89. The SMILES string of the molecule is CC.CCOC(=O)c1c(Nc2ccc(C)cc2F)c2cnccc2n1C. The van der Waals surface area contributed by atoms with Gasteiger partial charge in [0.05, 0.1) is 23.5 Å². The molecule has 0 aliphatic carbocycles.